The standard InChI is InChI=1S/C27H35F6N3O4S.C3H8/c1-25(2,3)34-41(39)22-14-18(26(28,29)30)12-17-15-35(9-6-21(17)22)23(37)16-4-5-20(13-16)36(24(38)27(31,32)33)19-7-10-40-11-8-19;1-3-2/h12,14,16,19-20,34H,4-11,13,15H2,1-3H3;3H2,1-2H3. The molecule has 3 unspecified atom stereocenters. The average Bonchev–Trinajstić information content (AvgIpc) is 3.40. The van der Waals surface area contributed by atoms with Gasteiger partial charge in [-0.3, -0.25) is 9.59 Å². The number of ether oxygens (including phenoxy) is 1. The van der Waals surface area contributed by atoms with Crippen molar-refractivity contribution in [2.45, 2.75) is 121 Å². The van der Waals surface area contributed by atoms with Gasteiger partial charge in [-0.2, -0.15) is 26.3 Å². The first kappa shape index (κ1) is 36.3. The molecule has 1 N–H and O–H groups in total. The number of carbonyl (C=O) groups is 2. The van der Waals surface area contributed by atoms with E-state index in [1.807, 2.05) is 0 Å². The van der Waals surface area contributed by atoms with Gasteiger partial charge in [-0.1, -0.05) is 20.3 Å². The molecule has 1 saturated carbocycles. The van der Waals surface area contributed by atoms with E-state index in [2.05, 4.69) is 18.6 Å². The summed E-state index contributed by atoms with van der Waals surface area (Å²) in [5.74, 6) is -2.94. The molecule has 0 radical (unpaired) electrons. The molecule has 2 aliphatic heterocycles. The molecule has 0 bridgehead atoms. The van der Waals surface area contributed by atoms with Crippen LogP contribution >= 0.6 is 0 Å². The van der Waals surface area contributed by atoms with Gasteiger partial charge in [-0.05, 0) is 82.6 Å². The van der Waals surface area contributed by atoms with Gasteiger partial charge in [0.05, 0.1) is 10.5 Å². The Morgan fingerprint density at radius 3 is 2.16 bits per heavy atom. The van der Waals surface area contributed by atoms with E-state index in [0.29, 0.717) is 5.56 Å². The molecule has 44 heavy (non-hydrogen) atoms. The Balaban J connectivity index is 0.00000169. The number of hydrogen-bond donors (Lipinski definition) is 1. The zero-order valence-corrected chi connectivity index (χ0v) is 26.7. The van der Waals surface area contributed by atoms with Crippen LogP contribution in [0.1, 0.15) is 89.8 Å². The molecule has 1 saturated heterocycles. The fourth-order valence-electron chi connectivity index (χ4n) is 5.94. The van der Waals surface area contributed by atoms with Crippen LogP contribution in [0.2, 0.25) is 0 Å². The van der Waals surface area contributed by atoms with Crippen LogP contribution in [0.25, 0.3) is 0 Å². The lowest BCUT2D eigenvalue weighted by Gasteiger charge is -2.39. The minimum absolute atomic E-state index is 0.0237. The second-order valence-corrected chi connectivity index (χ2v) is 13.8. The number of halogens is 6. The van der Waals surface area contributed by atoms with E-state index in [-0.39, 0.29) is 81.2 Å². The number of carbonyl (C=O) groups excluding carboxylic acids is 2. The molecule has 14 heteroatoms. The highest BCUT2D eigenvalue weighted by Crippen LogP contribution is 2.39. The molecule has 250 valence electrons. The molecular weight excluding hydrogens is 612 g/mol. The highest BCUT2D eigenvalue weighted by Gasteiger charge is 2.49. The molecule has 7 nitrogen and oxygen atoms in total. The Bertz CT molecular complexity index is 1190. The number of amides is 2. The van der Waals surface area contributed by atoms with Crippen LogP contribution in [0, 0.1) is 5.92 Å². The molecule has 0 spiro atoms. The summed E-state index contributed by atoms with van der Waals surface area (Å²) in [4.78, 5) is 28.2. The Hall–Kier alpha value is -2.19. The summed E-state index contributed by atoms with van der Waals surface area (Å²) in [5, 5.41) is 0. The van der Waals surface area contributed by atoms with Gasteiger partial charge in [0.25, 0.3) is 0 Å². The van der Waals surface area contributed by atoms with Gasteiger partial charge in [0, 0.05) is 49.8 Å². The van der Waals surface area contributed by atoms with Crippen LogP contribution < -0.4 is 4.72 Å². The number of nitrogens with zero attached hydrogens (tertiary/aromatic N) is 2. The summed E-state index contributed by atoms with van der Waals surface area (Å²) in [6.07, 6.45) is -7.22. The molecule has 3 aliphatic rings. The van der Waals surface area contributed by atoms with E-state index >= 15 is 0 Å². The summed E-state index contributed by atoms with van der Waals surface area (Å²) < 4.78 is 103. The third kappa shape index (κ3) is 9.18. The predicted octanol–water partition coefficient (Wildman–Crippen LogP) is 6.16. The lowest BCUT2D eigenvalue weighted by atomic mass is 9.95. The highest BCUT2D eigenvalue weighted by molar-refractivity contribution is 7.83. The van der Waals surface area contributed by atoms with Crippen LogP contribution in [-0.4, -0.2) is 69.4 Å². The number of nitrogens with one attached hydrogen (secondary N) is 1. The molecule has 4 rings (SSSR count). The first-order valence-electron chi connectivity index (χ1n) is 15.1. The van der Waals surface area contributed by atoms with Crippen molar-refractivity contribution in [1.29, 1.82) is 0 Å². The Kier molecular flexibility index (Phi) is 11.9. The SMILES string of the molecule is CC(C)(C)NS(=O)c1cc(C(F)(F)F)cc2c1CCN(C(=O)C1CCC(N(C(=O)C(F)(F)F)C3CCOCC3)C1)C2.CCC. The summed E-state index contributed by atoms with van der Waals surface area (Å²) in [6, 6.07) is 0.446. The van der Waals surface area contributed by atoms with Gasteiger partial charge >= 0.3 is 18.3 Å². The topological polar surface area (TPSA) is 79.0 Å². The van der Waals surface area contributed by atoms with E-state index in [0.717, 1.165) is 17.0 Å². The van der Waals surface area contributed by atoms with Crippen LogP contribution in [0.3, 0.4) is 0 Å². The number of benzene rings is 1. The Labute approximate surface area is 257 Å². The molecule has 1 aliphatic carbocycles. The lowest BCUT2D eigenvalue weighted by molar-refractivity contribution is -0.192. The zero-order chi connectivity index (χ0) is 33.0. The second kappa shape index (κ2) is 14.5. The second-order valence-electron chi connectivity index (χ2n) is 12.7. The number of alkyl halides is 6. The largest absolute Gasteiger partial charge is 0.471 e. The molecule has 2 amide bonds. The lowest BCUT2D eigenvalue weighted by Crippen LogP contribution is -2.53. The maximum absolute atomic E-state index is 13.7. The molecule has 2 fully saturated rings. The van der Waals surface area contributed by atoms with Crippen molar-refractivity contribution in [2.24, 2.45) is 5.92 Å². The summed E-state index contributed by atoms with van der Waals surface area (Å²) in [7, 11) is -1.93. The maximum atomic E-state index is 13.7. The Morgan fingerprint density at radius 2 is 1.61 bits per heavy atom. The van der Waals surface area contributed by atoms with Gasteiger partial charge in [0.15, 0.2) is 0 Å². The van der Waals surface area contributed by atoms with E-state index in [1.54, 1.807) is 20.8 Å². The van der Waals surface area contributed by atoms with E-state index in [9.17, 15) is 40.1 Å². The summed E-state index contributed by atoms with van der Waals surface area (Å²) >= 11 is 0. The van der Waals surface area contributed by atoms with Crippen LogP contribution in [-0.2, 0) is 44.5 Å². The normalized spacial score (nSPS) is 22.1. The monoisotopic (exact) mass is 655 g/mol. The van der Waals surface area contributed by atoms with Crippen LogP contribution in [0.15, 0.2) is 17.0 Å². The molecular formula is C30H43F6N3O4S. The molecule has 3 atom stereocenters. The third-order valence-electron chi connectivity index (χ3n) is 7.74. The van der Waals surface area contributed by atoms with Gasteiger partial charge in [-0.25, -0.2) is 8.93 Å². The van der Waals surface area contributed by atoms with Crippen molar-refractivity contribution in [1.82, 2.24) is 14.5 Å². The molecule has 2 heterocycles. The molecule has 0 aromatic heterocycles. The fourth-order valence-corrected chi connectivity index (χ4v) is 7.30. The van der Waals surface area contributed by atoms with Crippen LogP contribution in [0.5, 0.6) is 0 Å². The van der Waals surface area contributed by atoms with E-state index in [4.69, 9.17) is 4.74 Å². The zero-order valence-electron chi connectivity index (χ0n) is 25.9. The van der Waals surface area contributed by atoms with Crippen molar-refractivity contribution in [3.63, 3.8) is 0 Å². The maximum Gasteiger partial charge on any atom is 0.471 e. The van der Waals surface area contributed by atoms with Crippen molar-refractivity contribution >= 4 is 22.8 Å². The number of fused-ring (bicyclic) bond motifs is 1. The number of rotatable bonds is 5. The first-order chi connectivity index (χ1) is 20.4. The van der Waals surface area contributed by atoms with Gasteiger partial charge < -0.3 is 14.5 Å². The molecule has 1 aromatic carbocycles. The summed E-state index contributed by atoms with van der Waals surface area (Å²) in [6.45, 7) is 10.00. The number of hydrogen-bond acceptors (Lipinski definition) is 4. The average molecular weight is 656 g/mol. The first-order valence-corrected chi connectivity index (χ1v) is 16.2. The van der Waals surface area contributed by atoms with Gasteiger partial charge in [0.1, 0.15) is 11.0 Å². The van der Waals surface area contributed by atoms with E-state index < -0.39 is 58.3 Å². The highest BCUT2D eigenvalue weighted by atomic mass is 32.2. The molecule has 1 aromatic rings. The Morgan fingerprint density at radius 1 is 1.00 bits per heavy atom. The van der Waals surface area contributed by atoms with Crippen molar-refractivity contribution < 1.29 is 44.9 Å². The van der Waals surface area contributed by atoms with Gasteiger partial charge in [0.2, 0.25) is 5.91 Å². The van der Waals surface area contributed by atoms with Gasteiger partial charge in [-0.15, -0.1) is 0 Å². The summed E-state index contributed by atoms with van der Waals surface area (Å²) in [5.41, 5.74) is -0.872. The van der Waals surface area contributed by atoms with Crippen molar-refractivity contribution in [3.8, 4) is 0 Å². The third-order valence-corrected chi connectivity index (χ3v) is 9.30. The van der Waals surface area contributed by atoms with Crippen molar-refractivity contribution in [2.75, 3.05) is 19.8 Å². The fraction of sp³-hybridized carbons (Fsp3) is 0.733. The van der Waals surface area contributed by atoms with E-state index in [1.165, 1.54) is 11.3 Å². The van der Waals surface area contributed by atoms with Crippen LogP contribution in [0.4, 0.5) is 26.3 Å². The minimum atomic E-state index is -5.05. The minimum Gasteiger partial charge on any atom is -0.381 e. The van der Waals surface area contributed by atoms with Crippen molar-refractivity contribution in [3.05, 3.63) is 28.8 Å². The quantitative estimate of drug-likeness (QED) is 0.386. The smallest absolute Gasteiger partial charge is 0.381 e. The predicted molar refractivity (Wildman–Crippen MR) is 154 cm³/mol.